The van der Waals surface area contributed by atoms with E-state index < -0.39 is 43.2 Å². The van der Waals surface area contributed by atoms with Gasteiger partial charge in [0.2, 0.25) is 5.88 Å². The van der Waals surface area contributed by atoms with Crippen LogP contribution in [0.25, 0.3) is 0 Å². The zero-order valence-corrected chi connectivity index (χ0v) is 17.2. The maximum Gasteiger partial charge on any atom is 0.422 e. The molecule has 0 bridgehead atoms. The first-order chi connectivity index (χ1) is 15.5. The lowest BCUT2D eigenvalue weighted by molar-refractivity contribution is -0.154. The minimum Gasteiger partial charge on any atom is -0.468 e. The average Bonchev–Trinajstić information content (AvgIpc) is 2.79. The van der Waals surface area contributed by atoms with Crippen molar-refractivity contribution in [3.8, 4) is 5.88 Å². The van der Waals surface area contributed by atoms with Gasteiger partial charge in [-0.25, -0.2) is 19.4 Å². The Hall–Kier alpha value is -4.16. The number of ether oxygens (including phenoxy) is 4. The van der Waals surface area contributed by atoms with Gasteiger partial charge < -0.3 is 24.3 Å². The predicted molar refractivity (Wildman–Crippen MR) is 104 cm³/mol. The van der Waals surface area contributed by atoms with Gasteiger partial charge in [-0.05, 0) is 24.3 Å². The van der Waals surface area contributed by atoms with Crippen LogP contribution < -0.4 is 10.1 Å². The normalized spacial score (nSPS) is 10.7. The number of esters is 3. The molecule has 2 aromatic rings. The summed E-state index contributed by atoms with van der Waals surface area (Å²) < 4.78 is 54.8. The van der Waals surface area contributed by atoms with Crippen LogP contribution in [-0.2, 0) is 19.0 Å². The van der Waals surface area contributed by atoms with Crippen LogP contribution in [0.2, 0.25) is 0 Å². The molecule has 0 aliphatic carbocycles. The van der Waals surface area contributed by atoms with E-state index in [1.807, 2.05) is 0 Å². The summed E-state index contributed by atoms with van der Waals surface area (Å²) in [6.45, 7) is -2.29. The maximum absolute atomic E-state index is 12.1. The number of nitrogens with zero attached hydrogens (tertiary/aromatic N) is 1. The number of pyridine rings is 1. The third-order valence-electron chi connectivity index (χ3n) is 3.75. The Morgan fingerprint density at radius 2 is 1.52 bits per heavy atom. The van der Waals surface area contributed by atoms with E-state index in [0.717, 1.165) is 32.5 Å². The van der Waals surface area contributed by atoms with E-state index in [1.165, 1.54) is 18.2 Å². The molecule has 0 saturated heterocycles. The van der Waals surface area contributed by atoms with E-state index >= 15 is 0 Å². The SMILES string of the molecule is COC(=O)c1cc(NC(=O)COC(=O)c2ccc(OCC(F)(F)F)nc2)cc(C(=O)OC)c1. The predicted octanol–water partition coefficient (Wildman–Crippen LogP) is 2.39. The zero-order valence-electron chi connectivity index (χ0n) is 17.2. The molecule has 0 radical (unpaired) electrons. The number of anilines is 1. The van der Waals surface area contributed by atoms with Crippen molar-refractivity contribution in [1.29, 1.82) is 0 Å². The number of aromatic nitrogens is 1. The average molecular weight is 470 g/mol. The summed E-state index contributed by atoms with van der Waals surface area (Å²) in [6.07, 6.45) is -3.62. The molecule has 0 aliphatic heterocycles. The molecule has 1 aromatic carbocycles. The number of methoxy groups -OCH3 is 2. The Morgan fingerprint density at radius 1 is 0.909 bits per heavy atom. The van der Waals surface area contributed by atoms with E-state index in [2.05, 4.69) is 24.5 Å². The van der Waals surface area contributed by atoms with Crippen LogP contribution in [0.15, 0.2) is 36.5 Å². The molecule has 1 amide bonds. The molecule has 1 N–H and O–H groups in total. The molecule has 0 saturated carbocycles. The Bertz CT molecular complexity index is 1000. The molecule has 0 fully saturated rings. The van der Waals surface area contributed by atoms with Gasteiger partial charge in [0, 0.05) is 18.0 Å². The number of hydrogen-bond donors (Lipinski definition) is 1. The number of halogens is 3. The first kappa shape index (κ1) is 25.1. The van der Waals surface area contributed by atoms with E-state index in [-0.39, 0.29) is 28.3 Å². The number of benzene rings is 1. The lowest BCUT2D eigenvalue weighted by Gasteiger charge is -2.10. The van der Waals surface area contributed by atoms with E-state index in [1.54, 1.807) is 0 Å². The molecule has 0 spiro atoms. The van der Waals surface area contributed by atoms with Gasteiger partial charge in [0.15, 0.2) is 13.2 Å². The molecule has 10 nitrogen and oxygen atoms in total. The highest BCUT2D eigenvalue weighted by Crippen LogP contribution is 2.18. The Balaban J connectivity index is 1.98. The van der Waals surface area contributed by atoms with Crippen molar-refractivity contribution in [2.45, 2.75) is 6.18 Å². The molecular formula is C20H17F3N2O8. The summed E-state index contributed by atoms with van der Waals surface area (Å²) in [4.78, 5) is 51.2. The summed E-state index contributed by atoms with van der Waals surface area (Å²) in [7, 11) is 2.27. The number of amides is 1. The van der Waals surface area contributed by atoms with Gasteiger partial charge in [0.1, 0.15) is 0 Å². The highest BCUT2D eigenvalue weighted by atomic mass is 19.4. The maximum atomic E-state index is 12.1. The third kappa shape index (κ3) is 7.79. The van der Waals surface area contributed by atoms with E-state index in [4.69, 9.17) is 4.74 Å². The van der Waals surface area contributed by atoms with Crippen LogP contribution in [0, 0.1) is 0 Å². The van der Waals surface area contributed by atoms with E-state index in [0.29, 0.717) is 0 Å². The molecule has 0 atom stereocenters. The molecule has 1 aromatic heterocycles. The van der Waals surface area contributed by atoms with Crippen molar-refractivity contribution in [1.82, 2.24) is 4.98 Å². The van der Waals surface area contributed by atoms with Crippen molar-refractivity contribution >= 4 is 29.5 Å². The van der Waals surface area contributed by atoms with E-state index in [9.17, 15) is 32.3 Å². The van der Waals surface area contributed by atoms with Gasteiger partial charge >= 0.3 is 24.1 Å². The third-order valence-corrected chi connectivity index (χ3v) is 3.75. The number of carbonyl (C=O) groups excluding carboxylic acids is 4. The van der Waals surface area contributed by atoms with Crippen LogP contribution in [-0.4, -0.2) is 62.4 Å². The molecule has 176 valence electrons. The lowest BCUT2D eigenvalue weighted by atomic mass is 10.1. The second-order valence-corrected chi connectivity index (χ2v) is 6.20. The molecule has 33 heavy (non-hydrogen) atoms. The number of rotatable bonds is 8. The van der Waals surface area contributed by atoms with Crippen molar-refractivity contribution < 1.29 is 51.3 Å². The van der Waals surface area contributed by atoms with Gasteiger partial charge in [0.05, 0.1) is 30.9 Å². The van der Waals surface area contributed by atoms with Gasteiger partial charge in [-0.1, -0.05) is 0 Å². The standard InChI is InChI=1S/C20H17F3N2O8/c1-30-17(27)12-5-13(18(28)31-2)7-14(6-12)25-15(26)9-32-19(29)11-3-4-16(24-8-11)33-10-20(21,22)23/h3-8H,9-10H2,1-2H3,(H,25,26). The summed E-state index contributed by atoms with van der Waals surface area (Å²) >= 11 is 0. The highest BCUT2D eigenvalue weighted by Gasteiger charge is 2.28. The fourth-order valence-electron chi connectivity index (χ4n) is 2.32. The van der Waals surface area contributed by atoms with Gasteiger partial charge in [-0.15, -0.1) is 0 Å². The Kier molecular flexibility index (Phi) is 8.31. The number of alkyl halides is 3. The Morgan fingerprint density at radius 3 is 2.00 bits per heavy atom. The fraction of sp³-hybridized carbons (Fsp3) is 0.250. The Labute approximate surface area is 184 Å². The van der Waals surface area contributed by atoms with Crippen LogP contribution in [0.4, 0.5) is 18.9 Å². The van der Waals surface area contributed by atoms with Gasteiger partial charge in [-0.3, -0.25) is 4.79 Å². The van der Waals surface area contributed by atoms with Crippen molar-refractivity contribution in [2.24, 2.45) is 0 Å². The van der Waals surface area contributed by atoms with Crippen LogP contribution >= 0.6 is 0 Å². The van der Waals surface area contributed by atoms with Crippen LogP contribution in [0.3, 0.4) is 0 Å². The summed E-state index contributed by atoms with van der Waals surface area (Å²) in [5.41, 5.74) is -0.173. The van der Waals surface area contributed by atoms with Gasteiger partial charge in [0.25, 0.3) is 5.91 Å². The molecule has 0 unspecified atom stereocenters. The molecule has 13 heteroatoms. The minimum atomic E-state index is -4.54. The smallest absolute Gasteiger partial charge is 0.422 e. The molecule has 1 heterocycles. The number of nitrogens with one attached hydrogen (secondary N) is 1. The number of carbonyl (C=O) groups is 4. The lowest BCUT2D eigenvalue weighted by Crippen LogP contribution is -2.22. The van der Waals surface area contributed by atoms with Gasteiger partial charge in [-0.2, -0.15) is 13.2 Å². The van der Waals surface area contributed by atoms with Crippen molar-refractivity contribution in [2.75, 3.05) is 32.8 Å². The molecular weight excluding hydrogens is 453 g/mol. The minimum absolute atomic E-state index is 0.0344. The summed E-state index contributed by atoms with van der Waals surface area (Å²) in [5.74, 6) is -3.66. The highest BCUT2D eigenvalue weighted by molar-refractivity contribution is 6.00. The quantitative estimate of drug-likeness (QED) is 0.456. The summed E-state index contributed by atoms with van der Waals surface area (Å²) in [5, 5.41) is 2.35. The first-order valence-electron chi connectivity index (χ1n) is 8.96. The monoisotopic (exact) mass is 470 g/mol. The largest absolute Gasteiger partial charge is 0.468 e. The van der Waals surface area contributed by atoms with Crippen LogP contribution in [0.5, 0.6) is 5.88 Å². The zero-order chi connectivity index (χ0) is 24.6. The van der Waals surface area contributed by atoms with Crippen molar-refractivity contribution in [3.05, 3.63) is 53.2 Å². The topological polar surface area (TPSA) is 130 Å². The number of hydrogen-bond acceptors (Lipinski definition) is 9. The fourth-order valence-corrected chi connectivity index (χ4v) is 2.32. The van der Waals surface area contributed by atoms with Crippen LogP contribution in [0.1, 0.15) is 31.1 Å². The molecule has 2 rings (SSSR count). The second-order valence-electron chi connectivity index (χ2n) is 6.20. The second kappa shape index (κ2) is 10.9. The first-order valence-corrected chi connectivity index (χ1v) is 8.96. The molecule has 0 aliphatic rings. The summed E-state index contributed by atoms with van der Waals surface area (Å²) in [6, 6.07) is 5.84. The van der Waals surface area contributed by atoms with Crippen molar-refractivity contribution in [3.63, 3.8) is 0 Å².